The van der Waals surface area contributed by atoms with Crippen LogP contribution in [0.2, 0.25) is 0 Å². The Hall–Kier alpha value is -3.06. The Morgan fingerprint density at radius 1 is 0.968 bits per heavy atom. The predicted molar refractivity (Wildman–Crippen MR) is 121 cm³/mol. The van der Waals surface area contributed by atoms with E-state index in [-0.39, 0.29) is 18.0 Å². The Morgan fingerprint density at radius 2 is 1.65 bits per heavy atom. The van der Waals surface area contributed by atoms with E-state index in [0.717, 1.165) is 30.9 Å². The lowest BCUT2D eigenvalue weighted by Crippen LogP contribution is -2.49. The molecule has 0 bridgehead atoms. The minimum absolute atomic E-state index is 0.0530. The van der Waals surface area contributed by atoms with Crippen molar-refractivity contribution in [2.45, 2.75) is 26.4 Å². The summed E-state index contributed by atoms with van der Waals surface area (Å²) in [4.78, 5) is 28.7. The molecule has 0 unspecified atom stereocenters. The Morgan fingerprint density at radius 3 is 2.29 bits per heavy atom. The second kappa shape index (κ2) is 11.4. The van der Waals surface area contributed by atoms with Gasteiger partial charge in [-0.25, -0.2) is 4.79 Å². The summed E-state index contributed by atoms with van der Waals surface area (Å²) in [5.74, 6) is 0.938. The normalized spacial score (nSPS) is 14.4. The van der Waals surface area contributed by atoms with Crippen molar-refractivity contribution in [2.75, 3.05) is 39.3 Å². The van der Waals surface area contributed by atoms with E-state index in [1.54, 1.807) is 0 Å². The number of carbonyl (C=O) groups excluding carboxylic acids is 2. The second-order valence-electron chi connectivity index (χ2n) is 7.97. The van der Waals surface area contributed by atoms with Gasteiger partial charge in [-0.3, -0.25) is 9.69 Å². The smallest absolute Gasteiger partial charge is 0.315 e. The lowest BCUT2D eigenvalue weighted by Gasteiger charge is -2.34. The number of ether oxygens (including phenoxy) is 1. The monoisotopic (exact) mass is 424 g/mol. The van der Waals surface area contributed by atoms with Crippen LogP contribution < -0.4 is 15.4 Å². The van der Waals surface area contributed by atoms with Gasteiger partial charge in [0, 0.05) is 50.9 Å². The Bertz CT molecular complexity index is 832. The minimum Gasteiger partial charge on any atom is -0.492 e. The molecule has 0 aromatic heterocycles. The molecule has 7 nitrogen and oxygen atoms in total. The van der Waals surface area contributed by atoms with Gasteiger partial charge in [0.05, 0.1) is 0 Å². The van der Waals surface area contributed by atoms with Crippen LogP contribution in [0.5, 0.6) is 5.75 Å². The SMILES string of the molecule is CC(C)NC(=O)NCc1ccc(C(=O)N2CCN(CCOc3ccccc3)CC2)cc1. The maximum absolute atomic E-state index is 12.8. The van der Waals surface area contributed by atoms with Gasteiger partial charge in [0.15, 0.2) is 0 Å². The number of nitrogens with one attached hydrogen (secondary N) is 2. The van der Waals surface area contributed by atoms with Gasteiger partial charge in [-0.2, -0.15) is 0 Å². The number of amides is 3. The van der Waals surface area contributed by atoms with Gasteiger partial charge in [-0.05, 0) is 43.7 Å². The zero-order valence-electron chi connectivity index (χ0n) is 18.3. The van der Waals surface area contributed by atoms with Gasteiger partial charge in [-0.15, -0.1) is 0 Å². The van der Waals surface area contributed by atoms with E-state index in [1.165, 1.54) is 0 Å². The maximum atomic E-state index is 12.8. The molecule has 1 heterocycles. The lowest BCUT2D eigenvalue weighted by molar-refractivity contribution is 0.0620. The van der Waals surface area contributed by atoms with Crippen molar-refractivity contribution in [3.8, 4) is 5.75 Å². The number of benzene rings is 2. The summed E-state index contributed by atoms with van der Waals surface area (Å²) in [6.07, 6.45) is 0. The van der Waals surface area contributed by atoms with E-state index < -0.39 is 0 Å². The summed E-state index contributed by atoms with van der Waals surface area (Å²) in [5, 5.41) is 5.60. The third-order valence-electron chi connectivity index (χ3n) is 5.15. The molecule has 3 rings (SSSR count). The molecule has 0 aliphatic carbocycles. The van der Waals surface area contributed by atoms with E-state index in [9.17, 15) is 9.59 Å². The Balaban J connectivity index is 1.39. The molecule has 1 aliphatic rings. The van der Waals surface area contributed by atoms with E-state index in [4.69, 9.17) is 4.74 Å². The van der Waals surface area contributed by atoms with Gasteiger partial charge in [0.1, 0.15) is 12.4 Å². The number of piperazine rings is 1. The number of nitrogens with zero attached hydrogens (tertiary/aromatic N) is 2. The molecule has 2 aromatic carbocycles. The fourth-order valence-electron chi connectivity index (χ4n) is 3.43. The van der Waals surface area contributed by atoms with Crippen LogP contribution in [0.15, 0.2) is 54.6 Å². The minimum atomic E-state index is -0.192. The molecule has 7 heteroatoms. The molecule has 2 aromatic rings. The number of para-hydroxylation sites is 1. The number of carbonyl (C=O) groups is 2. The molecule has 0 saturated carbocycles. The van der Waals surface area contributed by atoms with Crippen molar-refractivity contribution in [1.29, 1.82) is 0 Å². The maximum Gasteiger partial charge on any atom is 0.315 e. The summed E-state index contributed by atoms with van der Waals surface area (Å²) < 4.78 is 5.76. The topological polar surface area (TPSA) is 73.9 Å². The second-order valence-corrected chi connectivity index (χ2v) is 7.97. The van der Waals surface area contributed by atoms with Crippen LogP contribution in [0.25, 0.3) is 0 Å². The summed E-state index contributed by atoms with van der Waals surface area (Å²) in [6.45, 7) is 8.86. The standard InChI is InChI=1S/C24H32N4O3/c1-19(2)26-24(30)25-18-20-8-10-21(11-9-20)23(29)28-14-12-27(13-15-28)16-17-31-22-6-4-3-5-7-22/h3-11,19H,12-18H2,1-2H3,(H2,25,26,30). The molecule has 0 atom stereocenters. The van der Waals surface area contributed by atoms with Crippen LogP contribution >= 0.6 is 0 Å². The highest BCUT2D eigenvalue weighted by Crippen LogP contribution is 2.12. The van der Waals surface area contributed by atoms with Gasteiger partial charge in [-0.1, -0.05) is 30.3 Å². The number of hydrogen-bond acceptors (Lipinski definition) is 4. The van der Waals surface area contributed by atoms with Gasteiger partial charge < -0.3 is 20.3 Å². The third kappa shape index (κ3) is 7.29. The largest absolute Gasteiger partial charge is 0.492 e. The first-order valence-electron chi connectivity index (χ1n) is 10.8. The van der Waals surface area contributed by atoms with E-state index in [0.29, 0.717) is 31.8 Å². The average molecular weight is 425 g/mol. The predicted octanol–water partition coefficient (Wildman–Crippen LogP) is 2.73. The molecular formula is C24H32N4O3. The first kappa shape index (κ1) is 22.6. The highest BCUT2D eigenvalue weighted by atomic mass is 16.5. The van der Waals surface area contributed by atoms with Crippen molar-refractivity contribution in [3.05, 3.63) is 65.7 Å². The molecule has 3 amide bonds. The quantitative estimate of drug-likeness (QED) is 0.683. The highest BCUT2D eigenvalue weighted by molar-refractivity contribution is 5.94. The van der Waals surface area contributed by atoms with Crippen LogP contribution in [0, 0.1) is 0 Å². The third-order valence-corrected chi connectivity index (χ3v) is 5.15. The molecule has 1 fully saturated rings. The average Bonchev–Trinajstić information content (AvgIpc) is 2.78. The Labute approximate surface area is 184 Å². The molecule has 1 aliphatic heterocycles. The van der Waals surface area contributed by atoms with Crippen molar-refractivity contribution < 1.29 is 14.3 Å². The van der Waals surface area contributed by atoms with Crippen molar-refractivity contribution in [2.24, 2.45) is 0 Å². The van der Waals surface area contributed by atoms with Crippen LogP contribution in [0.3, 0.4) is 0 Å². The molecule has 0 radical (unpaired) electrons. The van der Waals surface area contributed by atoms with Crippen LogP contribution in [0.4, 0.5) is 4.79 Å². The van der Waals surface area contributed by atoms with Crippen LogP contribution in [0.1, 0.15) is 29.8 Å². The molecular weight excluding hydrogens is 392 g/mol. The summed E-state index contributed by atoms with van der Waals surface area (Å²) >= 11 is 0. The molecule has 31 heavy (non-hydrogen) atoms. The van der Waals surface area contributed by atoms with Crippen molar-refractivity contribution >= 4 is 11.9 Å². The van der Waals surface area contributed by atoms with Crippen LogP contribution in [-0.4, -0.2) is 67.1 Å². The van der Waals surface area contributed by atoms with E-state index in [1.807, 2.05) is 73.3 Å². The first-order chi connectivity index (χ1) is 15.0. The molecule has 166 valence electrons. The summed E-state index contributed by atoms with van der Waals surface area (Å²) in [6, 6.07) is 17.2. The fraction of sp³-hybridized carbons (Fsp3) is 0.417. The lowest BCUT2D eigenvalue weighted by atomic mass is 10.1. The van der Waals surface area contributed by atoms with E-state index in [2.05, 4.69) is 15.5 Å². The van der Waals surface area contributed by atoms with Gasteiger partial charge >= 0.3 is 6.03 Å². The van der Waals surface area contributed by atoms with E-state index >= 15 is 0 Å². The van der Waals surface area contributed by atoms with Crippen molar-refractivity contribution in [1.82, 2.24) is 20.4 Å². The molecule has 0 spiro atoms. The first-order valence-corrected chi connectivity index (χ1v) is 10.8. The number of urea groups is 1. The summed E-state index contributed by atoms with van der Waals surface area (Å²) in [7, 11) is 0. The fourth-order valence-corrected chi connectivity index (χ4v) is 3.43. The van der Waals surface area contributed by atoms with Gasteiger partial charge in [0.25, 0.3) is 5.91 Å². The molecule has 2 N–H and O–H groups in total. The van der Waals surface area contributed by atoms with Crippen LogP contribution in [-0.2, 0) is 6.54 Å². The van der Waals surface area contributed by atoms with Gasteiger partial charge in [0.2, 0.25) is 0 Å². The van der Waals surface area contributed by atoms with Crippen molar-refractivity contribution in [3.63, 3.8) is 0 Å². The Kier molecular flexibility index (Phi) is 8.29. The highest BCUT2D eigenvalue weighted by Gasteiger charge is 2.22. The zero-order valence-corrected chi connectivity index (χ0v) is 18.3. The molecule has 1 saturated heterocycles. The summed E-state index contributed by atoms with van der Waals surface area (Å²) in [5.41, 5.74) is 1.63. The number of hydrogen-bond donors (Lipinski definition) is 2. The zero-order chi connectivity index (χ0) is 22.1. The number of rotatable bonds is 8.